The molecule has 0 heterocycles. The standard InChI is InChI=1S/C25H32N2O7/c1-6-8-9-10-23(28)27-26-16-17-11-12-19(20(13-17)33-7-2)34-25(29)18-14-21(30-3)24(32-5)22(15-18)31-4/h11-16H,6-10H2,1-5H3,(H,27,28)/b26-16+. The van der Waals surface area contributed by atoms with Gasteiger partial charge in [-0.1, -0.05) is 19.8 Å². The number of nitrogens with zero attached hydrogens (tertiary/aromatic N) is 1. The Labute approximate surface area is 200 Å². The molecule has 2 rings (SSSR count). The summed E-state index contributed by atoms with van der Waals surface area (Å²) in [6.45, 7) is 4.27. The van der Waals surface area contributed by atoms with Crippen LogP contribution in [0.1, 0.15) is 55.5 Å². The van der Waals surface area contributed by atoms with Gasteiger partial charge in [-0.05, 0) is 49.2 Å². The Kier molecular flexibility index (Phi) is 10.7. The van der Waals surface area contributed by atoms with Crippen molar-refractivity contribution in [2.45, 2.75) is 39.5 Å². The van der Waals surface area contributed by atoms with E-state index in [4.69, 9.17) is 23.7 Å². The zero-order valence-corrected chi connectivity index (χ0v) is 20.3. The fourth-order valence-corrected chi connectivity index (χ4v) is 3.09. The second-order valence-corrected chi connectivity index (χ2v) is 7.19. The summed E-state index contributed by atoms with van der Waals surface area (Å²) in [5.74, 6) is 0.886. The number of amides is 1. The van der Waals surface area contributed by atoms with E-state index in [9.17, 15) is 9.59 Å². The molecule has 0 atom stereocenters. The summed E-state index contributed by atoms with van der Waals surface area (Å²) >= 11 is 0. The first kappa shape index (κ1) is 26.5. The van der Waals surface area contributed by atoms with Crippen LogP contribution in [-0.4, -0.2) is 46.0 Å². The summed E-state index contributed by atoms with van der Waals surface area (Å²) in [5.41, 5.74) is 3.40. The topological polar surface area (TPSA) is 105 Å². The van der Waals surface area contributed by atoms with E-state index in [0.717, 1.165) is 19.3 Å². The molecule has 0 unspecified atom stereocenters. The van der Waals surface area contributed by atoms with Gasteiger partial charge in [0.05, 0.1) is 39.7 Å². The number of rotatable bonds is 13. The molecule has 1 N–H and O–H groups in total. The number of hydrogen-bond acceptors (Lipinski definition) is 8. The first-order valence-electron chi connectivity index (χ1n) is 11.1. The van der Waals surface area contributed by atoms with Gasteiger partial charge in [0.2, 0.25) is 11.7 Å². The molecule has 1 amide bonds. The highest BCUT2D eigenvalue weighted by atomic mass is 16.6. The van der Waals surface area contributed by atoms with Crippen molar-refractivity contribution in [1.82, 2.24) is 5.43 Å². The lowest BCUT2D eigenvalue weighted by Gasteiger charge is -2.15. The van der Waals surface area contributed by atoms with Gasteiger partial charge >= 0.3 is 5.97 Å². The highest BCUT2D eigenvalue weighted by Gasteiger charge is 2.19. The zero-order chi connectivity index (χ0) is 24.9. The minimum atomic E-state index is -0.624. The Morgan fingerprint density at radius 1 is 0.912 bits per heavy atom. The Morgan fingerprint density at radius 2 is 1.62 bits per heavy atom. The maximum atomic E-state index is 12.8. The van der Waals surface area contributed by atoms with Crippen molar-refractivity contribution in [3.05, 3.63) is 41.5 Å². The van der Waals surface area contributed by atoms with Gasteiger partial charge in [-0.2, -0.15) is 5.10 Å². The van der Waals surface area contributed by atoms with Crippen LogP contribution in [0.15, 0.2) is 35.4 Å². The third-order valence-electron chi connectivity index (χ3n) is 4.78. The number of carbonyl (C=O) groups is 2. The second-order valence-electron chi connectivity index (χ2n) is 7.19. The first-order chi connectivity index (χ1) is 16.5. The van der Waals surface area contributed by atoms with Crippen LogP contribution in [0.4, 0.5) is 0 Å². The van der Waals surface area contributed by atoms with Gasteiger partial charge in [-0.15, -0.1) is 0 Å². The number of hydrazone groups is 1. The molecule has 9 heteroatoms. The van der Waals surface area contributed by atoms with Crippen molar-refractivity contribution in [3.63, 3.8) is 0 Å². The number of benzene rings is 2. The number of esters is 1. The van der Waals surface area contributed by atoms with Gasteiger partial charge in [0.1, 0.15) is 0 Å². The maximum absolute atomic E-state index is 12.8. The van der Waals surface area contributed by atoms with Gasteiger partial charge < -0.3 is 23.7 Å². The smallest absolute Gasteiger partial charge is 0.343 e. The lowest BCUT2D eigenvalue weighted by Crippen LogP contribution is -2.16. The van der Waals surface area contributed by atoms with Crippen LogP contribution in [0, 0.1) is 0 Å². The molecule has 0 aliphatic rings. The minimum Gasteiger partial charge on any atom is -0.493 e. The van der Waals surface area contributed by atoms with Crippen molar-refractivity contribution < 1.29 is 33.3 Å². The first-order valence-corrected chi connectivity index (χ1v) is 11.1. The van der Waals surface area contributed by atoms with E-state index in [1.165, 1.54) is 39.7 Å². The number of methoxy groups -OCH3 is 3. The molecule has 34 heavy (non-hydrogen) atoms. The van der Waals surface area contributed by atoms with E-state index < -0.39 is 5.97 Å². The van der Waals surface area contributed by atoms with Gasteiger partial charge in [-0.25, -0.2) is 10.2 Å². The molecule has 9 nitrogen and oxygen atoms in total. The third-order valence-corrected chi connectivity index (χ3v) is 4.78. The van der Waals surface area contributed by atoms with Crippen LogP contribution in [0.2, 0.25) is 0 Å². The molecule has 2 aromatic carbocycles. The minimum absolute atomic E-state index is 0.134. The highest BCUT2D eigenvalue weighted by Crippen LogP contribution is 2.38. The summed E-state index contributed by atoms with van der Waals surface area (Å²) in [5, 5.41) is 3.99. The molecular weight excluding hydrogens is 440 g/mol. The molecule has 0 aliphatic heterocycles. The fraction of sp³-hybridized carbons (Fsp3) is 0.400. The van der Waals surface area contributed by atoms with Crippen LogP contribution in [0.25, 0.3) is 0 Å². The molecule has 0 spiro atoms. The van der Waals surface area contributed by atoms with Crippen molar-refractivity contribution in [2.24, 2.45) is 5.10 Å². The van der Waals surface area contributed by atoms with Gasteiger partial charge in [0, 0.05) is 6.42 Å². The van der Waals surface area contributed by atoms with E-state index in [1.807, 2.05) is 6.92 Å². The number of ether oxygens (including phenoxy) is 5. The lowest BCUT2D eigenvalue weighted by molar-refractivity contribution is -0.121. The Bertz CT molecular complexity index is 980. The van der Waals surface area contributed by atoms with E-state index >= 15 is 0 Å². The van der Waals surface area contributed by atoms with Crippen molar-refractivity contribution >= 4 is 18.1 Å². The summed E-state index contributed by atoms with van der Waals surface area (Å²) in [7, 11) is 4.41. The Balaban J connectivity index is 2.17. The van der Waals surface area contributed by atoms with E-state index in [2.05, 4.69) is 17.5 Å². The summed E-state index contributed by atoms with van der Waals surface area (Å²) in [6, 6.07) is 7.99. The molecule has 0 aliphatic carbocycles. The quantitative estimate of drug-likeness (QED) is 0.152. The van der Waals surface area contributed by atoms with Crippen molar-refractivity contribution in [1.29, 1.82) is 0 Å². The van der Waals surface area contributed by atoms with E-state index in [0.29, 0.717) is 41.6 Å². The Hall–Kier alpha value is -3.75. The predicted octanol–water partition coefficient (Wildman–Crippen LogP) is 4.36. The maximum Gasteiger partial charge on any atom is 0.343 e. The van der Waals surface area contributed by atoms with Crippen LogP contribution >= 0.6 is 0 Å². The molecule has 0 saturated heterocycles. The van der Waals surface area contributed by atoms with Crippen LogP contribution in [0.5, 0.6) is 28.7 Å². The molecule has 0 aromatic heterocycles. The molecule has 0 saturated carbocycles. The molecule has 0 radical (unpaired) electrons. The van der Waals surface area contributed by atoms with Crippen LogP contribution in [0.3, 0.4) is 0 Å². The SMILES string of the molecule is CCCCCC(=O)N/N=C/c1ccc(OC(=O)c2cc(OC)c(OC)c(OC)c2)c(OCC)c1. The number of hydrogen-bond donors (Lipinski definition) is 1. The van der Waals surface area contributed by atoms with Crippen LogP contribution < -0.4 is 29.1 Å². The molecule has 184 valence electrons. The molecule has 0 bridgehead atoms. The molecular formula is C25H32N2O7. The average Bonchev–Trinajstić information content (AvgIpc) is 2.84. The Morgan fingerprint density at radius 3 is 2.21 bits per heavy atom. The molecule has 2 aromatic rings. The van der Waals surface area contributed by atoms with Crippen molar-refractivity contribution in [2.75, 3.05) is 27.9 Å². The van der Waals surface area contributed by atoms with Gasteiger partial charge in [-0.3, -0.25) is 4.79 Å². The highest BCUT2D eigenvalue weighted by molar-refractivity contribution is 5.93. The predicted molar refractivity (Wildman–Crippen MR) is 129 cm³/mol. The van der Waals surface area contributed by atoms with Crippen LogP contribution in [-0.2, 0) is 4.79 Å². The second kappa shape index (κ2) is 13.7. The lowest BCUT2D eigenvalue weighted by atomic mass is 10.1. The normalized spacial score (nSPS) is 10.6. The summed E-state index contributed by atoms with van der Waals surface area (Å²) in [6.07, 6.45) is 4.83. The van der Waals surface area contributed by atoms with E-state index in [-0.39, 0.29) is 17.2 Å². The number of unbranched alkanes of at least 4 members (excludes halogenated alkanes) is 2. The zero-order valence-electron chi connectivity index (χ0n) is 20.3. The summed E-state index contributed by atoms with van der Waals surface area (Å²) in [4.78, 5) is 24.6. The van der Waals surface area contributed by atoms with E-state index in [1.54, 1.807) is 18.2 Å². The number of carbonyl (C=O) groups excluding carboxylic acids is 2. The monoisotopic (exact) mass is 472 g/mol. The summed E-state index contributed by atoms with van der Waals surface area (Å²) < 4.78 is 27.1. The van der Waals surface area contributed by atoms with Gasteiger partial charge in [0.25, 0.3) is 0 Å². The van der Waals surface area contributed by atoms with Crippen molar-refractivity contribution in [3.8, 4) is 28.7 Å². The largest absolute Gasteiger partial charge is 0.493 e. The number of nitrogens with one attached hydrogen (secondary N) is 1. The third kappa shape index (κ3) is 7.40. The van der Waals surface area contributed by atoms with Gasteiger partial charge in [0.15, 0.2) is 23.0 Å². The molecule has 0 fully saturated rings. The fourth-order valence-electron chi connectivity index (χ4n) is 3.09. The average molecular weight is 473 g/mol.